The average molecular weight is 318 g/mol. The van der Waals surface area contributed by atoms with Gasteiger partial charge in [0.1, 0.15) is 0 Å². The third kappa shape index (κ3) is 3.02. The maximum atomic E-state index is 11.4. The molecule has 1 aliphatic rings. The van der Waals surface area contributed by atoms with E-state index >= 15 is 0 Å². The topological polar surface area (TPSA) is 90.3 Å². The van der Waals surface area contributed by atoms with Crippen molar-refractivity contribution in [3.8, 4) is 0 Å². The van der Waals surface area contributed by atoms with Crippen molar-refractivity contribution in [3.63, 3.8) is 0 Å². The van der Waals surface area contributed by atoms with Gasteiger partial charge in [-0.2, -0.15) is 0 Å². The first-order valence-electron chi connectivity index (χ1n) is 7.06. The zero-order valence-corrected chi connectivity index (χ0v) is 13.1. The molecular formula is C14H18N6OS. The second-order valence-corrected chi connectivity index (χ2v) is 5.85. The van der Waals surface area contributed by atoms with Crippen molar-refractivity contribution >= 4 is 39.7 Å². The number of likely N-dealkylation sites (N-methyl/N-ethyl adjacent to an activating group) is 1. The number of anilines is 2. The van der Waals surface area contributed by atoms with Gasteiger partial charge in [-0.05, 0) is 31.4 Å². The molecule has 4 N–H and O–H groups in total. The third-order valence-electron chi connectivity index (χ3n) is 3.79. The second kappa shape index (κ2) is 5.90. The van der Waals surface area contributed by atoms with Gasteiger partial charge >= 0.3 is 0 Å². The molecule has 0 aliphatic carbocycles. The van der Waals surface area contributed by atoms with Crippen LogP contribution in [-0.4, -0.2) is 53.2 Å². The van der Waals surface area contributed by atoms with E-state index in [0.717, 1.165) is 43.1 Å². The molecule has 3 rings (SSSR count). The molecule has 0 saturated carbocycles. The summed E-state index contributed by atoms with van der Waals surface area (Å²) >= 11 is 4.96. The monoisotopic (exact) mass is 318 g/mol. The predicted octanol–water partition coefficient (Wildman–Crippen LogP) is 0.330. The predicted molar refractivity (Wildman–Crippen MR) is 92.5 cm³/mol. The summed E-state index contributed by atoms with van der Waals surface area (Å²) in [6, 6.07) is 3.79. The van der Waals surface area contributed by atoms with Gasteiger partial charge in [0, 0.05) is 26.2 Å². The fraction of sp³-hybridized carbons (Fsp3) is 0.357. The number of rotatable bonds is 2. The van der Waals surface area contributed by atoms with Crippen molar-refractivity contribution in [3.05, 3.63) is 28.7 Å². The second-order valence-electron chi connectivity index (χ2n) is 5.41. The van der Waals surface area contributed by atoms with Gasteiger partial charge in [0.25, 0.3) is 5.56 Å². The van der Waals surface area contributed by atoms with E-state index in [2.05, 4.69) is 32.1 Å². The smallest absolute Gasteiger partial charge is 0.266 e. The molecule has 8 heteroatoms. The number of nitrogens with one attached hydrogen (secondary N) is 2. The Labute approximate surface area is 133 Å². The first-order chi connectivity index (χ1) is 10.5. The van der Waals surface area contributed by atoms with Crippen LogP contribution >= 0.6 is 12.2 Å². The van der Waals surface area contributed by atoms with Crippen molar-refractivity contribution in [2.24, 2.45) is 5.73 Å². The molecule has 2 aromatic rings. The van der Waals surface area contributed by atoms with Crippen molar-refractivity contribution < 1.29 is 0 Å². The molecule has 1 aromatic heterocycles. The maximum absolute atomic E-state index is 11.4. The standard InChI is InChI=1S/C14H18N6OS/c1-19-2-4-20(5-3-19)12-7-9-10(17-13(21)8-16-9)6-11(12)18-14(15)22/h6-8H,2-5H2,1H3,(H,17,21)(H3,15,18,22). The first-order valence-corrected chi connectivity index (χ1v) is 7.47. The molecule has 0 spiro atoms. The number of H-pyrrole nitrogens is 1. The van der Waals surface area contributed by atoms with Crippen molar-refractivity contribution in [2.45, 2.75) is 0 Å². The molecule has 7 nitrogen and oxygen atoms in total. The van der Waals surface area contributed by atoms with Crippen LogP contribution in [0.25, 0.3) is 11.0 Å². The Hall–Kier alpha value is -2.19. The van der Waals surface area contributed by atoms with Gasteiger partial charge in [-0.15, -0.1) is 0 Å². The molecule has 0 unspecified atom stereocenters. The van der Waals surface area contributed by atoms with Gasteiger partial charge in [0.05, 0.1) is 28.6 Å². The summed E-state index contributed by atoms with van der Waals surface area (Å²) in [6.07, 6.45) is 1.29. The van der Waals surface area contributed by atoms with Crippen LogP contribution in [0.2, 0.25) is 0 Å². The summed E-state index contributed by atoms with van der Waals surface area (Å²) in [7, 11) is 2.11. The lowest BCUT2D eigenvalue weighted by atomic mass is 10.2. The molecule has 2 heterocycles. The fourth-order valence-electron chi connectivity index (χ4n) is 2.62. The maximum Gasteiger partial charge on any atom is 0.266 e. The highest BCUT2D eigenvalue weighted by Gasteiger charge is 2.18. The normalized spacial score (nSPS) is 16.0. The van der Waals surface area contributed by atoms with Crippen LogP contribution < -0.4 is 21.5 Å². The van der Waals surface area contributed by atoms with Gasteiger partial charge in [-0.25, -0.2) is 4.98 Å². The Morgan fingerprint density at radius 3 is 2.77 bits per heavy atom. The van der Waals surface area contributed by atoms with Gasteiger partial charge in [0.2, 0.25) is 0 Å². The molecule has 0 amide bonds. The van der Waals surface area contributed by atoms with Crippen LogP contribution in [0.4, 0.5) is 11.4 Å². The number of benzene rings is 1. The summed E-state index contributed by atoms with van der Waals surface area (Å²) < 4.78 is 0. The third-order valence-corrected chi connectivity index (χ3v) is 3.90. The Kier molecular flexibility index (Phi) is 3.95. The molecule has 22 heavy (non-hydrogen) atoms. The zero-order valence-electron chi connectivity index (χ0n) is 12.3. The molecule has 1 aliphatic heterocycles. The number of aromatic nitrogens is 2. The van der Waals surface area contributed by atoms with Crippen LogP contribution in [0.3, 0.4) is 0 Å². The first kappa shape index (κ1) is 14.7. The van der Waals surface area contributed by atoms with Gasteiger partial charge in [-0.1, -0.05) is 0 Å². The van der Waals surface area contributed by atoms with Crippen molar-refractivity contribution in [1.82, 2.24) is 14.9 Å². The highest BCUT2D eigenvalue weighted by molar-refractivity contribution is 7.80. The lowest BCUT2D eigenvalue weighted by Gasteiger charge is -2.35. The quantitative estimate of drug-likeness (QED) is 0.688. The van der Waals surface area contributed by atoms with E-state index in [4.69, 9.17) is 18.0 Å². The molecule has 0 radical (unpaired) electrons. The van der Waals surface area contributed by atoms with Gasteiger partial charge in [-0.3, -0.25) is 4.79 Å². The number of nitrogens with zero attached hydrogens (tertiary/aromatic N) is 3. The molecular weight excluding hydrogens is 300 g/mol. The van der Waals surface area contributed by atoms with Crippen molar-refractivity contribution in [2.75, 3.05) is 43.4 Å². The number of nitrogens with two attached hydrogens (primary N) is 1. The number of thiocarbonyl (C=S) groups is 1. The van der Waals surface area contributed by atoms with Crippen LogP contribution in [0, 0.1) is 0 Å². The lowest BCUT2D eigenvalue weighted by molar-refractivity contribution is 0.313. The molecule has 0 atom stereocenters. The number of piperazine rings is 1. The summed E-state index contributed by atoms with van der Waals surface area (Å²) in [5, 5.41) is 3.19. The van der Waals surface area contributed by atoms with E-state index in [-0.39, 0.29) is 10.7 Å². The highest BCUT2D eigenvalue weighted by atomic mass is 32.1. The van der Waals surface area contributed by atoms with E-state index in [1.165, 1.54) is 6.20 Å². The SMILES string of the molecule is CN1CCN(c2cc3ncc(=O)[nH]c3cc2NC(N)=S)CC1. The van der Waals surface area contributed by atoms with Crippen molar-refractivity contribution in [1.29, 1.82) is 0 Å². The van der Waals surface area contributed by atoms with Crippen LogP contribution in [0.5, 0.6) is 0 Å². The van der Waals surface area contributed by atoms with Crippen LogP contribution in [0.15, 0.2) is 23.1 Å². The van der Waals surface area contributed by atoms with Crippen LogP contribution in [-0.2, 0) is 0 Å². The Morgan fingerprint density at radius 1 is 1.36 bits per heavy atom. The number of hydrogen-bond donors (Lipinski definition) is 3. The number of hydrogen-bond acceptors (Lipinski definition) is 5. The van der Waals surface area contributed by atoms with Crippen LogP contribution in [0.1, 0.15) is 0 Å². The summed E-state index contributed by atoms with van der Waals surface area (Å²) in [6.45, 7) is 3.81. The Balaban J connectivity index is 2.07. The van der Waals surface area contributed by atoms with Gasteiger partial charge in [0.15, 0.2) is 5.11 Å². The van der Waals surface area contributed by atoms with E-state index in [0.29, 0.717) is 5.52 Å². The average Bonchev–Trinajstić information content (AvgIpc) is 2.47. The van der Waals surface area contributed by atoms with Gasteiger partial charge < -0.3 is 25.8 Å². The summed E-state index contributed by atoms with van der Waals surface area (Å²) in [5.74, 6) is 0. The zero-order chi connectivity index (χ0) is 15.7. The molecule has 1 saturated heterocycles. The lowest BCUT2D eigenvalue weighted by Crippen LogP contribution is -2.44. The fourth-order valence-corrected chi connectivity index (χ4v) is 2.73. The van der Waals surface area contributed by atoms with E-state index in [1.807, 2.05) is 12.1 Å². The Bertz CT molecular complexity index is 766. The summed E-state index contributed by atoms with van der Waals surface area (Å²) in [4.78, 5) is 23.0. The number of fused-ring (bicyclic) bond motifs is 1. The minimum atomic E-state index is -0.235. The van der Waals surface area contributed by atoms with E-state index in [1.54, 1.807) is 0 Å². The minimum absolute atomic E-state index is 0.195. The Morgan fingerprint density at radius 2 is 2.09 bits per heavy atom. The molecule has 1 aromatic carbocycles. The minimum Gasteiger partial charge on any atom is -0.376 e. The number of aromatic amines is 1. The largest absolute Gasteiger partial charge is 0.376 e. The molecule has 0 bridgehead atoms. The molecule has 116 valence electrons. The summed E-state index contributed by atoms with van der Waals surface area (Å²) in [5.41, 5.74) is 8.56. The van der Waals surface area contributed by atoms with E-state index < -0.39 is 0 Å². The van der Waals surface area contributed by atoms with E-state index in [9.17, 15) is 4.79 Å². The molecule has 1 fully saturated rings. The highest BCUT2D eigenvalue weighted by Crippen LogP contribution is 2.30.